The lowest BCUT2D eigenvalue weighted by molar-refractivity contribution is 0.413. The average Bonchev–Trinajstić information content (AvgIpc) is 2.52. The highest BCUT2D eigenvalue weighted by Gasteiger charge is 2.08. The van der Waals surface area contributed by atoms with Gasteiger partial charge in [0.1, 0.15) is 29.3 Å². The predicted molar refractivity (Wildman–Crippen MR) is 76.2 cm³/mol. The average molecular weight is 281 g/mol. The van der Waals surface area contributed by atoms with Crippen molar-refractivity contribution in [1.82, 2.24) is 0 Å². The third-order valence-electron chi connectivity index (χ3n) is 2.99. The molecular weight excluding hydrogens is 269 g/mol. The summed E-state index contributed by atoms with van der Waals surface area (Å²) >= 11 is 0. The van der Waals surface area contributed by atoms with Crippen LogP contribution in [0, 0.1) is 28.5 Å². The molecule has 1 N–H and O–H groups in total. The van der Waals surface area contributed by atoms with Gasteiger partial charge >= 0.3 is 0 Å². The molecule has 0 aromatic heterocycles. The summed E-state index contributed by atoms with van der Waals surface area (Å²) in [7, 11) is 1.50. The van der Waals surface area contributed by atoms with Crippen molar-refractivity contribution in [2.75, 3.05) is 12.4 Å². The summed E-state index contributed by atoms with van der Waals surface area (Å²) in [6, 6.07) is 13.5. The minimum atomic E-state index is -0.560. The summed E-state index contributed by atoms with van der Waals surface area (Å²) < 4.78 is 18.5. The molecule has 21 heavy (non-hydrogen) atoms. The largest absolute Gasteiger partial charge is 0.495 e. The van der Waals surface area contributed by atoms with Crippen molar-refractivity contribution in [3.63, 3.8) is 0 Å². The van der Waals surface area contributed by atoms with E-state index in [1.165, 1.54) is 19.2 Å². The van der Waals surface area contributed by atoms with Crippen molar-refractivity contribution in [2.24, 2.45) is 0 Å². The molecular formula is C16H12FN3O. The number of nitrogens with zero attached hydrogens (tertiary/aromatic N) is 2. The second-order valence-electron chi connectivity index (χ2n) is 4.27. The van der Waals surface area contributed by atoms with Crippen LogP contribution in [0.3, 0.4) is 0 Å². The first-order valence-electron chi connectivity index (χ1n) is 6.19. The van der Waals surface area contributed by atoms with Crippen molar-refractivity contribution in [1.29, 1.82) is 10.5 Å². The number of ether oxygens (including phenoxy) is 1. The van der Waals surface area contributed by atoms with E-state index in [9.17, 15) is 4.39 Å². The molecule has 0 saturated heterocycles. The van der Waals surface area contributed by atoms with E-state index in [1.54, 1.807) is 24.3 Å². The zero-order valence-corrected chi connectivity index (χ0v) is 11.4. The van der Waals surface area contributed by atoms with Gasteiger partial charge in [-0.1, -0.05) is 12.1 Å². The molecule has 5 heteroatoms. The first kappa shape index (κ1) is 14.4. The molecule has 0 unspecified atom stereocenters. The van der Waals surface area contributed by atoms with E-state index in [1.807, 2.05) is 6.07 Å². The Morgan fingerprint density at radius 2 is 2.00 bits per heavy atom. The molecule has 0 atom stereocenters. The van der Waals surface area contributed by atoms with Gasteiger partial charge in [0.15, 0.2) is 0 Å². The van der Waals surface area contributed by atoms with Crippen molar-refractivity contribution in [3.8, 4) is 17.9 Å². The van der Waals surface area contributed by atoms with Crippen LogP contribution in [0.5, 0.6) is 5.75 Å². The molecule has 0 radical (unpaired) electrons. The quantitative estimate of drug-likeness (QED) is 0.934. The number of benzene rings is 2. The number of nitriles is 2. The van der Waals surface area contributed by atoms with Gasteiger partial charge in [-0.2, -0.15) is 10.5 Å². The Labute approximate surface area is 122 Å². The first-order chi connectivity index (χ1) is 10.2. The van der Waals surface area contributed by atoms with E-state index in [-0.39, 0.29) is 5.56 Å². The molecule has 0 spiro atoms. The number of halogens is 1. The highest BCUT2D eigenvalue weighted by molar-refractivity contribution is 5.58. The van der Waals surface area contributed by atoms with Gasteiger partial charge in [-0.15, -0.1) is 0 Å². The highest BCUT2D eigenvalue weighted by Crippen LogP contribution is 2.21. The number of nitrogens with one attached hydrogen (secondary N) is 1. The maximum atomic E-state index is 13.5. The minimum Gasteiger partial charge on any atom is -0.495 e. The standard InChI is InChI=1S/C16H12FN3O/c1-21-16-6-5-11(7-12(16)8-18)10-20-15-4-2-3-14(17)13(15)9-19/h2-7,20H,10H2,1H3. The van der Waals surface area contributed by atoms with Crippen LogP contribution >= 0.6 is 0 Å². The summed E-state index contributed by atoms with van der Waals surface area (Å²) in [4.78, 5) is 0. The lowest BCUT2D eigenvalue weighted by Crippen LogP contribution is -2.03. The molecule has 2 rings (SSSR count). The summed E-state index contributed by atoms with van der Waals surface area (Å²) in [5, 5.41) is 21.0. The lowest BCUT2D eigenvalue weighted by Gasteiger charge is -2.10. The van der Waals surface area contributed by atoms with E-state index in [0.29, 0.717) is 23.5 Å². The summed E-state index contributed by atoms with van der Waals surface area (Å²) in [6.45, 7) is 0.372. The Bertz CT molecular complexity index is 744. The van der Waals surface area contributed by atoms with Crippen molar-refractivity contribution in [2.45, 2.75) is 6.54 Å². The molecule has 0 aliphatic rings. The molecule has 0 aliphatic carbocycles. The number of hydrogen-bond donors (Lipinski definition) is 1. The van der Waals surface area contributed by atoms with Gasteiger partial charge in [0.2, 0.25) is 0 Å². The molecule has 0 aliphatic heterocycles. The zero-order chi connectivity index (χ0) is 15.2. The maximum Gasteiger partial charge on any atom is 0.143 e. The van der Waals surface area contributed by atoms with E-state index < -0.39 is 5.82 Å². The fourth-order valence-corrected chi connectivity index (χ4v) is 1.93. The molecule has 2 aromatic rings. The fraction of sp³-hybridized carbons (Fsp3) is 0.125. The molecule has 0 fully saturated rings. The second kappa shape index (κ2) is 6.40. The highest BCUT2D eigenvalue weighted by atomic mass is 19.1. The Morgan fingerprint density at radius 3 is 2.67 bits per heavy atom. The van der Waals surface area contributed by atoms with Crippen LogP contribution in [0.1, 0.15) is 16.7 Å². The maximum absolute atomic E-state index is 13.5. The predicted octanol–water partition coefficient (Wildman–Crippen LogP) is 3.19. The van der Waals surface area contributed by atoms with Gasteiger partial charge in [0.05, 0.1) is 18.4 Å². The van der Waals surface area contributed by atoms with Crippen LogP contribution in [-0.2, 0) is 6.54 Å². The third kappa shape index (κ3) is 3.10. The Hall–Kier alpha value is -3.05. The van der Waals surface area contributed by atoms with Gasteiger partial charge in [0.25, 0.3) is 0 Å². The van der Waals surface area contributed by atoms with Crippen molar-refractivity contribution < 1.29 is 9.13 Å². The first-order valence-corrected chi connectivity index (χ1v) is 6.19. The van der Waals surface area contributed by atoms with E-state index in [4.69, 9.17) is 15.3 Å². The van der Waals surface area contributed by atoms with E-state index >= 15 is 0 Å². The smallest absolute Gasteiger partial charge is 0.143 e. The van der Waals surface area contributed by atoms with Gasteiger partial charge in [0, 0.05) is 6.54 Å². The van der Waals surface area contributed by atoms with Gasteiger partial charge < -0.3 is 10.1 Å². The Balaban J connectivity index is 2.20. The van der Waals surface area contributed by atoms with Crippen LogP contribution in [0.4, 0.5) is 10.1 Å². The number of rotatable bonds is 4. The molecule has 2 aromatic carbocycles. The van der Waals surface area contributed by atoms with E-state index in [0.717, 1.165) is 5.56 Å². The monoisotopic (exact) mass is 281 g/mol. The summed E-state index contributed by atoms with van der Waals surface area (Å²) in [5.41, 5.74) is 1.66. The molecule has 104 valence electrons. The summed E-state index contributed by atoms with van der Waals surface area (Å²) in [5.74, 6) is -0.0559. The fourth-order valence-electron chi connectivity index (χ4n) is 1.93. The number of methoxy groups -OCH3 is 1. The van der Waals surface area contributed by atoms with Gasteiger partial charge in [-0.3, -0.25) is 0 Å². The van der Waals surface area contributed by atoms with Crippen LogP contribution in [0.2, 0.25) is 0 Å². The van der Waals surface area contributed by atoms with E-state index in [2.05, 4.69) is 11.4 Å². The van der Waals surface area contributed by atoms with Crippen molar-refractivity contribution in [3.05, 3.63) is 58.9 Å². The van der Waals surface area contributed by atoms with Crippen LogP contribution in [-0.4, -0.2) is 7.11 Å². The summed E-state index contributed by atoms with van der Waals surface area (Å²) in [6.07, 6.45) is 0. The molecule has 0 saturated carbocycles. The Morgan fingerprint density at radius 1 is 1.19 bits per heavy atom. The van der Waals surface area contributed by atoms with Gasteiger partial charge in [-0.05, 0) is 29.8 Å². The Kier molecular flexibility index (Phi) is 4.38. The molecule has 0 heterocycles. The SMILES string of the molecule is COc1ccc(CNc2cccc(F)c2C#N)cc1C#N. The van der Waals surface area contributed by atoms with Crippen LogP contribution in [0.25, 0.3) is 0 Å². The molecule has 0 bridgehead atoms. The number of anilines is 1. The second-order valence-corrected chi connectivity index (χ2v) is 4.27. The normalized spacial score (nSPS) is 9.52. The number of hydrogen-bond acceptors (Lipinski definition) is 4. The lowest BCUT2D eigenvalue weighted by atomic mass is 10.1. The molecule has 0 amide bonds. The molecule has 4 nitrogen and oxygen atoms in total. The minimum absolute atomic E-state index is 0.0217. The topological polar surface area (TPSA) is 68.8 Å². The zero-order valence-electron chi connectivity index (χ0n) is 11.4. The van der Waals surface area contributed by atoms with Crippen molar-refractivity contribution >= 4 is 5.69 Å². The van der Waals surface area contributed by atoms with Crippen LogP contribution in [0.15, 0.2) is 36.4 Å². The third-order valence-corrected chi connectivity index (χ3v) is 2.99. The van der Waals surface area contributed by atoms with Gasteiger partial charge in [-0.25, -0.2) is 4.39 Å². The van der Waals surface area contributed by atoms with Crippen LogP contribution < -0.4 is 10.1 Å².